The van der Waals surface area contributed by atoms with Crippen LogP contribution in [0.15, 0.2) is 24.3 Å². The average Bonchev–Trinajstić information content (AvgIpc) is 2.69. The molecule has 1 fully saturated rings. The molecular weight excluding hydrogens is 312 g/mol. The van der Waals surface area contributed by atoms with Crippen LogP contribution in [0.5, 0.6) is 0 Å². The third-order valence-electron chi connectivity index (χ3n) is 4.85. The summed E-state index contributed by atoms with van der Waals surface area (Å²) < 4.78 is 23.3. The molecule has 126 valence electrons. The first-order valence-corrected chi connectivity index (χ1v) is 10.1. The van der Waals surface area contributed by atoms with E-state index in [2.05, 4.69) is 17.4 Å². The minimum atomic E-state index is -3.01. The second-order valence-electron chi connectivity index (χ2n) is 6.60. The number of sulfone groups is 1. The zero-order valence-electron chi connectivity index (χ0n) is 13.5. The Morgan fingerprint density at radius 2 is 2.04 bits per heavy atom. The second kappa shape index (κ2) is 6.51. The average molecular weight is 336 g/mol. The van der Waals surface area contributed by atoms with Crippen molar-refractivity contribution in [2.45, 2.75) is 44.7 Å². The van der Waals surface area contributed by atoms with Crippen LogP contribution in [0.1, 0.15) is 43.4 Å². The molecular formula is C17H24N2O3S. The molecule has 0 saturated carbocycles. The van der Waals surface area contributed by atoms with Crippen molar-refractivity contribution in [3.63, 3.8) is 0 Å². The van der Waals surface area contributed by atoms with Crippen molar-refractivity contribution in [3.05, 3.63) is 35.4 Å². The molecule has 2 aliphatic rings. The summed E-state index contributed by atoms with van der Waals surface area (Å²) in [6.45, 7) is 2.08. The van der Waals surface area contributed by atoms with Crippen molar-refractivity contribution >= 4 is 15.9 Å². The minimum absolute atomic E-state index is 0.0203. The summed E-state index contributed by atoms with van der Waals surface area (Å²) in [5.41, 5.74) is 2.51. The Morgan fingerprint density at radius 3 is 2.83 bits per heavy atom. The Bertz CT molecular complexity index is 687. The van der Waals surface area contributed by atoms with E-state index < -0.39 is 9.84 Å². The number of benzene rings is 1. The van der Waals surface area contributed by atoms with Crippen LogP contribution in [0.2, 0.25) is 0 Å². The van der Waals surface area contributed by atoms with E-state index in [9.17, 15) is 13.2 Å². The number of carbonyl (C=O) groups excluding carboxylic acids is 1. The number of hydrogen-bond donors (Lipinski definition) is 1. The molecule has 1 heterocycles. The number of aryl methyl sites for hydroxylation is 1. The Hall–Kier alpha value is -1.56. The van der Waals surface area contributed by atoms with E-state index in [0.29, 0.717) is 0 Å². The van der Waals surface area contributed by atoms with Gasteiger partial charge in [0.2, 0.25) is 0 Å². The smallest absolute Gasteiger partial charge is 0.318 e. The zero-order chi connectivity index (χ0) is 16.4. The van der Waals surface area contributed by atoms with Gasteiger partial charge in [0.05, 0.1) is 17.5 Å². The van der Waals surface area contributed by atoms with Gasteiger partial charge in [0.25, 0.3) is 0 Å². The fraction of sp³-hybridized carbons (Fsp3) is 0.588. The molecule has 1 aliphatic carbocycles. The van der Waals surface area contributed by atoms with E-state index in [1.165, 1.54) is 11.1 Å². The number of nitrogens with zero attached hydrogens (tertiary/aromatic N) is 1. The first kappa shape index (κ1) is 16.3. The van der Waals surface area contributed by atoms with Gasteiger partial charge in [-0.25, -0.2) is 13.2 Å². The zero-order valence-corrected chi connectivity index (χ0v) is 14.3. The van der Waals surface area contributed by atoms with Crippen molar-refractivity contribution in [2.24, 2.45) is 0 Å². The number of fused-ring (bicyclic) bond motifs is 1. The van der Waals surface area contributed by atoms with Crippen LogP contribution in [0.3, 0.4) is 0 Å². The van der Waals surface area contributed by atoms with Crippen LogP contribution in [0, 0.1) is 0 Å². The van der Waals surface area contributed by atoms with E-state index in [0.717, 1.165) is 25.7 Å². The lowest BCUT2D eigenvalue weighted by Gasteiger charge is -2.34. The van der Waals surface area contributed by atoms with Crippen molar-refractivity contribution in [3.8, 4) is 0 Å². The van der Waals surface area contributed by atoms with Gasteiger partial charge >= 0.3 is 6.03 Å². The van der Waals surface area contributed by atoms with Gasteiger partial charge in [0.15, 0.2) is 9.84 Å². The molecule has 1 aromatic carbocycles. The fourth-order valence-electron chi connectivity index (χ4n) is 3.60. The van der Waals surface area contributed by atoms with Crippen LogP contribution >= 0.6 is 0 Å². The Balaban J connectivity index is 1.73. The molecule has 0 spiro atoms. The minimum Gasteiger partial charge on any atom is -0.331 e. The third-order valence-corrected chi connectivity index (χ3v) is 6.64. The fourth-order valence-corrected chi connectivity index (χ4v) is 5.16. The molecule has 1 aliphatic heterocycles. The number of hydrogen-bond acceptors (Lipinski definition) is 3. The van der Waals surface area contributed by atoms with Crippen LogP contribution in [0.25, 0.3) is 0 Å². The topological polar surface area (TPSA) is 66.5 Å². The van der Waals surface area contributed by atoms with Crippen molar-refractivity contribution in [1.29, 1.82) is 0 Å². The predicted molar refractivity (Wildman–Crippen MR) is 90.1 cm³/mol. The molecule has 23 heavy (non-hydrogen) atoms. The van der Waals surface area contributed by atoms with E-state index in [1.54, 1.807) is 11.8 Å². The molecule has 2 amide bonds. The molecule has 3 rings (SSSR count). The summed E-state index contributed by atoms with van der Waals surface area (Å²) in [6.07, 6.45) is 4.22. The number of carbonyl (C=O) groups is 1. The molecule has 6 heteroatoms. The van der Waals surface area contributed by atoms with Gasteiger partial charge < -0.3 is 10.2 Å². The van der Waals surface area contributed by atoms with E-state index in [4.69, 9.17) is 0 Å². The van der Waals surface area contributed by atoms with Crippen LogP contribution in [-0.4, -0.2) is 43.4 Å². The highest BCUT2D eigenvalue weighted by atomic mass is 32.2. The molecule has 1 N–H and O–H groups in total. The van der Waals surface area contributed by atoms with Gasteiger partial charge in [-0.1, -0.05) is 30.7 Å². The highest BCUT2D eigenvalue weighted by Gasteiger charge is 2.32. The summed E-state index contributed by atoms with van der Waals surface area (Å²) in [5, 5.41) is 3.13. The molecule has 0 radical (unpaired) electrons. The summed E-state index contributed by atoms with van der Waals surface area (Å²) in [4.78, 5) is 14.3. The maximum atomic E-state index is 12.6. The number of amides is 2. The maximum absolute atomic E-state index is 12.6. The van der Waals surface area contributed by atoms with Crippen molar-refractivity contribution in [1.82, 2.24) is 10.2 Å². The van der Waals surface area contributed by atoms with Gasteiger partial charge in [0.1, 0.15) is 0 Å². The molecule has 1 saturated heterocycles. The molecule has 0 aromatic heterocycles. The highest BCUT2D eigenvalue weighted by Crippen LogP contribution is 2.28. The third kappa shape index (κ3) is 3.68. The van der Waals surface area contributed by atoms with Gasteiger partial charge in [-0.3, -0.25) is 0 Å². The molecule has 2 unspecified atom stereocenters. The monoisotopic (exact) mass is 336 g/mol. The lowest BCUT2D eigenvalue weighted by molar-refractivity contribution is 0.180. The number of nitrogens with one attached hydrogen (secondary N) is 1. The van der Waals surface area contributed by atoms with Gasteiger partial charge in [0, 0.05) is 12.6 Å². The van der Waals surface area contributed by atoms with E-state index >= 15 is 0 Å². The van der Waals surface area contributed by atoms with E-state index in [1.807, 2.05) is 12.1 Å². The molecule has 0 bridgehead atoms. The summed E-state index contributed by atoms with van der Waals surface area (Å²) in [6, 6.07) is 7.89. The Labute approximate surface area is 138 Å². The number of rotatable bonds is 1. The Morgan fingerprint density at radius 1 is 1.26 bits per heavy atom. The maximum Gasteiger partial charge on any atom is 0.318 e. The SMILES string of the molecule is CC1CS(=O)(=O)CCN1C(=O)NC1CCCCc2ccccc21. The molecule has 2 atom stereocenters. The van der Waals surface area contributed by atoms with Gasteiger partial charge in [-0.2, -0.15) is 0 Å². The molecule has 1 aromatic rings. The summed E-state index contributed by atoms with van der Waals surface area (Å²) in [5.74, 6) is 0.119. The van der Waals surface area contributed by atoms with Crippen LogP contribution < -0.4 is 5.32 Å². The van der Waals surface area contributed by atoms with Gasteiger partial charge in [-0.15, -0.1) is 0 Å². The largest absolute Gasteiger partial charge is 0.331 e. The quantitative estimate of drug-likeness (QED) is 0.800. The number of urea groups is 1. The lowest BCUT2D eigenvalue weighted by Crippen LogP contribution is -2.53. The normalized spacial score (nSPS) is 26.9. The van der Waals surface area contributed by atoms with E-state index in [-0.39, 0.29) is 36.2 Å². The van der Waals surface area contributed by atoms with Crippen molar-refractivity contribution < 1.29 is 13.2 Å². The first-order chi connectivity index (χ1) is 11.0. The summed E-state index contributed by atoms with van der Waals surface area (Å²) in [7, 11) is -3.01. The van der Waals surface area contributed by atoms with Crippen LogP contribution in [0.4, 0.5) is 4.79 Å². The Kier molecular flexibility index (Phi) is 4.62. The predicted octanol–water partition coefficient (Wildman–Crippen LogP) is 2.28. The van der Waals surface area contributed by atoms with Crippen molar-refractivity contribution in [2.75, 3.05) is 18.1 Å². The standard InChI is InChI=1S/C17H24N2O3S/c1-13-12-23(21,22)11-10-19(13)17(20)18-16-9-5-3-7-14-6-2-4-8-15(14)16/h2,4,6,8,13,16H,3,5,7,9-12H2,1H3,(H,18,20). The molecule has 5 nitrogen and oxygen atoms in total. The first-order valence-electron chi connectivity index (χ1n) is 8.31. The second-order valence-corrected chi connectivity index (χ2v) is 8.83. The van der Waals surface area contributed by atoms with Gasteiger partial charge in [-0.05, 0) is 37.3 Å². The van der Waals surface area contributed by atoms with Crippen LogP contribution in [-0.2, 0) is 16.3 Å². The highest BCUT2D eigenvalue weighted by molar-refractivity contribution is 7.91. The summed E-state index contributed by atoms with van der Waals surface area (Å²) >= 11 is 0. The lowest BCUT2D eigenvalue weighted by atomic mass is 9.99.